The zero-order valence-electron chi connectivity index (χ0n) is 13.5. The lowest BCUT2D eigenvalue weighted by atomic mass is 9.98. The Morgan fingerprint density at radius 3 is 2.29 bits per heavy atom. The van der Waals surface area contributed by atoms with Gasteiger partial charge in [0.05, 0.1) is 12.5 Å². The van der Waals surface area contributed by atoms with Crippen molar-refractivity contribution in [2.24, 2.45) is 11.7 Å². The first-order chi connectivity index (χ1) is 10.2. The summed E-state index contributed by atoms with van der Waals surface area (Å²) in [6.45, 7) is 8.64. The van der Waals surface area contributed by atoms with E-state index < -0.39 is 0 Å². The second-order valence-electron chi connectivity index (χ2n) is 5.14. The standard InChI is InChI=1S/C17H28N2O2/c1-4-11-21-16-9-7-14(8-10-16)12-15(13-18)17(20)19(5-2)6-3/h7-10,15H,4-6,11-13,18H2,1-3H3. The molecule has 0 saturated carbocycles. The van der Waals surface area contributed by atoms with E-state index in [1.54, 1.807) is 0 Å². The topological polar surface area (TPSA) is 55.6 Å². The van der Waals surface area contributed by atoms with Gasteiger partial charge in [-0.25, -0.2) is 0 Å². The average Bonchev–Trinajstić information content (AvgIpc) is 2.52. The highest BCUT2D eigenvalue weighted by molar-refractivity contribution is 5.79. The smallest absolute Gasteiger partial charge is 0.227 e. The Bertz CT molecular complexity index is 413. The quantitative estimate of drug-likeness (QED) is 0.760. The summed E-state index contributed by atoms with van der Waals surface area (Å²) in [5.41, 5.74) is 6.91. The molecule has 0 aromatic heterocycles. The Kier molecular flexibility index (Phi) is 7.83. The number of carbonyl (C=O) groups is 1. The minimum absolute atomic E-state index is 0.146. The van der Waals surface area contributed by atoms with Crippen molar-refractivity contribution in [2.75, 3.05) is 26.2 Å². The maximum Gasteiger partial charge on any atom is 0.227 e. The number of hydrogen-bond acceptors (Lipinski definition) is 3. The van der Waals surface area contributed by atoms with Crippen LogP contribution in [0.4, 0.5) is 0 Å². The van der Waals surface area contributed by atoms with Crippen LogP contribution in [0.5, 0.6) is 5.75 Å². The molecule has 2 N–H and O–H groups in total. The molecule has 1 aromatic carbocycles. The molecule has 0 aliphatic rings. The summed E-state index contributed by atoms with van der Waals surface area (Å²) in [5.74, 6) is 0.876. The van der Waals surface area contributed by atoms with Crippen molar-refractivity contribution < 1.29 is 9.53 Å². The molecule has 0 aliphatic carbocycles. The monoisotopic (exact) mass is 292 g/mol. The maximum atomic E-state index is 12.4. The summed E-state index contributed by atoms with van der Waals surface area (Å²) < 4.78 is 5.56. The molecule has 1 atom stereocenters. The first kappa shape index (κ1) is 17.5. The van der Waals surface area contributed by atoms with Gasteiger partial charge in [0, 0.05) is 19.6 Å². The average molecular weight is 292 g/mol. The molecule has 0 heterocycles. The van der Waals surface area contributed by atoms with Crippen molar-refractivity contribution >= 4 is 5.91 Å². The second kappa shape index (κ2) is 9.40. The molecule has 4 nitrogen and oxygen atoms in total. The fourth-order valence-electron chi connectivity index (χ4n) is 2.29. The van der Waals surface area contributed by atoms with E-state index in [-0.39, 0.29) is 11.8 Å². The highest BCUT2D eigenvalue weighted by Crippen LogP contribution is 2.16. The van der Waals surface area contributed by atoms with Gasteiger partial charge in [0.25, 0.3) is 0 Å². The molecule has 118 valence electrons. The molecule has 1 aromatic rings. The summed E-state index contributed by atoms with van der Waals surface area (Å²) in [6.07, 6.45) is 1.68. The Morgan fingerprint density at radius 1 is 1.19 bits per heavy atom. The number of amides is 1. The molecule has 21 heavy (non-hydrogen) atoms. The van der Waals surface area contributed by atoms with Gasteiger partial charge in [-0.2, -0.15) is 0 Å². The van der Waals surface area contributed by atoms with E-state index in [1.165, 1.54) is 0 Å². The zero-order chi connectivity index (χ0) is 15.7. The van der Waals surface area contributed by atoms with Gasteiger partial charge in [-0.15, -0.1) is 0 Å². The first-order valence-electron chi connectivity index (χ1n) is 7.86. The van der Waals surface area contributed by atoms with Gasteiger partial charge in [-0.1, -0.05) is 19.1 Å². The molecule has 0 aliphatic heterocycles. The lowest BCUT2D eigenvalue weighted by molar-refractivity contribution is -0.134. The van der Waals surface area contributed by atoms with Crippen molar-refractivity contribution in [3.63, 3.8) is 0 Å². The van der Waals surface area contributed by atoms with Gasteiger partial charge >= 0.3 is 0 Å². The zero-order valence-corrected chi connectivity index (χ0v) is 13.5. The summed E-state index contributed by atoms with van der Waals surface area (Å²) in [5, 5.41) is 0. The highest BCUT2D eigenvalue weighted by Gasteiger charge is 2.21. The van der Waals surface area contributed by atoms with Gasteiger partial charge in [-0.3, -0.25) is 4.79 Å². The van der Waals surface area contributed by atoms with Gasteiger partial charge in [0.1, 0.15) is 5.75 Å². The summed E-state index contributed by atoms with van der Waals surface area (Å²) in [7, 11) is 0. The third-order valence-corrected chi connectivity index (χ3v) is 3.59. The minimum atomic E-state index is -0.146. The van der Waals surface area contributed by atoms with Crippen molar-refractivity contribution in [3.8, 4) is 5.75 Å². The van der Waals surface area contributed by atoms with Crippen LogP contribution in [0.15, 0.2) is 24.3 Å². The third-order valence-electron chi connectivity index (χ3n) is 3.59. The fourth-order valence-corrected chi connectivity index (χ4v) is 2.29. The van der Waals surface area contributed by atoms with E-state index in [4.69, 9.17) is 10.5 Å². The predicted octanol–water partition coefficient (Wildman–Crippen LogP) is 2.46. The molecule has 1 unspecified atom stereocenters. The fraction of sp³-hybridized carbons (Fsp3) is 0.588. The van der Waals surface area contributed by atoms with Crippen molar-refractivity contribution in [1.29, 1.82) is 0 Å². The van der Waals surface area contributed by atoms with Crippen LogP contribution in [0.1, 0.15) is 32.8 Å². The van der Waals surface area contributed by atoms with Crippen LogP contribution in [0, 0.1) is 5.92 Å². The van der Waals surface area contributed by atoms with E-state index in [0.29, 0.717) is 13.0 Å². The lowest BCUT2D eigenvalue weighted by Gasteiger charge is -2.24. The highest BCUT2D eigenvalue weighted by atomic mass is 16.5. The van der Waals surface area contributed by atoms with Crippen LogP contribution in [0.25, 0.3) is 0 Å². The Hall–Kier alpha value is -1.55. The van der Waals surface area contributed by atoms with E-state index in [0.717, 1.165) is 37.4 Å². The Labute approximate surface area is 128 Å². The minimum Gasteiger partial charge on any atom is -0.494 e. The van der Waals surface area contributed by atoms with Gasteiger partial charge in [0.15, 0.2) is 0 Å². The van der Waals surface area contributed by atoms with E-state index in [9.17, 15) is 4.79 Å². The second-order valence-corrected chi connectivity index (χ2v) is 5.14. The normalized spacial score (nSPS) is 12.0. The van der Waals surface area contributed by atoms with Gasteiger partial charge in [-0.05, 0) is 44.4 Å². The molecule has 0 spiro atoms. The number of benzene rings is 1. The summed E-state index contributed by atoms with van der Waals surface area (Å²) in [4.78, 5) is 14.2. The molecule has 1 amide bonds. The van der Waals surface area contributed by atoms with Crippen LogP contribution in [-0.2, 0) is 11.2 Å². The van der Waals surface area contributed by atoms with Gasteiger partial charge in [0.2, 0.25) is 5.91 Å². The summed E-state index contributed by atoms with van der Waals surface area (Å²) in [6, 6.07) is 7.95. The number of hydrogen-bond donors (Lipinski definition) is 1. The van der Waals surface area contributed by atoms with Crippen LogP contribution < -0.4 is 10.5 Å². The van der Waals surface area contributed by atoms with Crippen molar-refractivity contribution in [1.82, 2.24) is 4.90 Å². The molecule has 1 rings (SSSR count). The number of rotatable bonds is 9. The third kappa shape index (κ3) is 5.38. The van der Waals surface area contributed by atoms with Crippen LogP contribution >= 0.6 is 0 Å². The maximum absolute atomic E-state index is 12.4. The molecule has 0 saturated heterocycles. The first-order valence-corrected chi connectivity index (χ1v) is 7.86. The van der Waals surface area contributed by atoms with E-state index >= 15 is 0 Å². The lowest BCUT2D eigenvalue weighted by Crippen LogP contribution is -2.39. The molecule has 0 radical (unpaired) electrons. The number of ether oxygens (including phenoxy) is 1. The Balaban J connectivity index is 2.66. The largest absolute Gasteiger partial charge is 0.494 e. The summed E-state index contributed by atoms with van der Waals surface area (Å²) >= 11 is 0. The van der Waals surface area contributed by atoms with Crippen LogP contribution in [0.2, 0.25) is 0 Å². The molecular weight excluding hydrogens is 264 g/mol. The molecular formula is C17H28N2O2. The van der Waals surface area contributed by atoms with Crippen LogP contribution in [0.3, 0.4) is 0 Å². The van der Waals surface area contributed by atoms with Crippen molar-refractivity contribution in [3.05, 3.63) is 29.8 Å². The predicted molar refractivity (Wildman–Crippen MR) is 86.4 cm³/mol. The number of nitrogens with zero attached hydrogens (tertiary/aromatic N) is 1. The Morgan fingerprint density at radius 2 is 1.81 bits per heavy atom. The number of carbonyl (C=O) groups excluding carboxylic acids is 1. The van der Waals surface area contributed by atoms with E-state index in [1.807, 2.05) is 43.0 Å². The van der Waals surface area contributed by atoms with Crippen LogP contribution in [-0.4, -0.2) is 37.0 Å². The van der Waals surface area contributed by atoms with E-state index in [2.05, 4.69) is 6.92 Å². The molecule has 4 heteroatoms. The van der Waals surface area contributed by atoms with Gasteiger partial charge < -0.3 is 15.4 Å². The number of nitrogens with two attached hydrogens (primary N) is 1. The SMILES string of the molecule is CCCOc1ccc(CC(CN)C(=O)N(CC)CC)cc1. The molecule has 0 bridgehead atoms. The van der Waals surface area contributed by atoms with Crippen molar-refractivity contribution in [2.45, 2.75) is 33.6 Å². The molecule has 0 fully saturated rings.